The van der Waals surface area contributed by atoms with Crippen molar-refractivity contribution in [1.82, 2.24) is 30.3 Å². The molecule has 0 bridgehead atoms. The van der Waals surface area contributed by atoms with Crippen molar-refractivity contribution in [3.63, 3.8) is 0 Å². The van der Waals surface area contributed by atoms with Crippen molar-refractivity contribution >= 4 is 5.97 Å². The molecule has 3 rings (SSSR count). The van der Waals surface area contributed by atoms with Gasteiger partial charge in [0.25, 0.3) is 0 Å². The summed E-state index contributed by atoms with van der Waals surface area (Å²) in [5, 5.41) is 19.6. The van der Waals surface area contributed by atoms with Crippen molar-refractivity contribution in [2.75, 3.05) is 13.1 Å². The molecule has 3 N–H and O–H groups in total. The number of nitrogens with zero attached hydrogens (tertiary/aromatic N) is 4. The van der Waals surface area contributed by atoms with Gasteiger partial charge < -0.3 is 10.1 Å². The fourth-order valence-corrected chi connectivity index (χ4v) is 3.00. The van der Waals surface area contributed by atoms with Gasteiger partial charge in [-0.3, -0.25) is 9.69 Å². The van der Waals surface area contributed by atoms with Crippen molar-refractivity contribution in [3.05, 3.63) is 29.6 Å². The number of aromatic amines is 2. The molecule has 1 aliphatic rings. The van der Waals surface area contributed by atoms with Crippen molar-refractivity contribution in [2.45, 2.75) is 25.8 Å². The lowest BCUT2D eigenvalue weighted by atomic mass is 9.91. The Morgan fingerprint density at radius 2 is 2.33 bits per heavy atom. The first-order valence-electron chi connectivity index (χ1n) is 6.92. The van der Waals surface area contributed by atoms with Crippen LogP contribution in [0.2, 0.25) is 0 Å². The largest absolute Gasteiger partial charge is 0.481 e. The second kappa shape index (κ2) is 5.65. The Bertz CT molecular complexity index is 608. The van der Waals surface area contributed by atoms with Gasteiger partial charge in [-0.2, -0.15) is 15.4 Å². The third-order valence-electron chi connectivity index (χ3n) is 3.90. The van der Waals surface area contributed by atoms with Crippen LogP contribution in [0.5, 0.6) is 0 Å². The molecule has 0 unspecified atom stereocenters. The van der Waals surface area contributed by atoms with E-state index in [9.17, 15) is 4.79 Å². The van der Waals surface area contributed by atoms with Crippen LogP contribution in [0.3, 0.4) is 0 Å². The predicted molar refractivity (Wildman–Crippen MR) is 73.5 cm³/mol. The molecule has 0 spiro atoms. The van der Waals surface area contributed by atoms with Crippen molar-refractivity contribution in [3.8, 4) is 0 Å². The summed E-state index contributed by atoms with van der Waals surface area (Å²) in [4.78, 5) is 20.8. The summed E-state index contributed by atoms with van der Waals surface area (Å²) in [6.07, 6.45) is 3.63. The van der Waals surface area contributed by atoms with Crippen LogP contribution in [0.4, 0.5) is 0 Å². The van der Waals surface area contributed by atoms with Gasteiger partial charge in [0.05, 0.1) is 24.9 Å². The second-order valence-electron chi connectivity index (χ2n) is 5.57. The van der Waals surface area contributed by atoms with E-state index in [-0.39, 0.29) is 18.3 Å². The highest BCUT2D eigenvalue weighted by atomic mass is 16.4. The number of likely N-dealkylation sites (tertiary alicyclic amines) is 1. The van der Waals surface area contributed by atoms with Crippen LogP contribution in [0.1, 0.15) is 29.6 Å². The van der Waals surface area contributed by atoms with E-state index >= 15 is 0 Å². The van der Waals surface area contributed by atoms with Crippen LogP contribution in [0.25, 0.3) is 0 Å². The Hall–Kier alpha value is -2.22. The predicted octanol–water partition coefficient (Wildman–Crippen LogP) is 0.527. The molecule has 1 saturated heterocycles. The monoisotopic (exact) mass is 290 g/mol. The summed E-state index contributed by atoms with van der Waals surface area (Å²) in [5.41, 5.74) is 1.86. The van der Waals surface area contributed by atoms with E-state index in [1.54, 1.807) is 12.4 Å². The van der Waals surface area contributed by atoms with Gasteiger partial charge in [0, 0.05) is 30.9 Å². The van der Waals surface area contributed by atoms with Crippen molar-refractivity contribution in [2.24, 2.45) is 5.92 Å². The first kappa shape index (κ1) is 13.7. The number of imidazole rings is 1. The molecule has 0 amide bonds. The minimum absolute atomic E-state index is 0.0451. The van der Waals surface area contributed by atoms with Crippen LogP contribution < -0.4 is 0 Å². The molecule has 0 saturated carbocycles. The van der Waals surface area contributed by atoms with Gasteiger partial charge in [-0.05, 0) is 12.8 Å². The number of aryl methyl sites for hydroxylation is 1. The fraction of sp³-hybridized carbons (Fsp3) is 0.538. The van der Waals surface area contributed by atoms with E-state index < -0.39 is 5.97 Å². The molecule has 8 heteroatoms. The van der Waals surface area contributed by atoms with Gasteiger partial charge in [0.2, 0.25) is 0 Å². The van der Waals surface area contributed by atoms with Gasteiger partial charge >= 0.3 is 5.97 Å². The Balaban J connectivity index is 1.72. The average Bonchev–Trinajstić information content (AvgIpc) is 3.10. The summed E-state index contributed by atoms with van der Waals surface area (Å²) in [6, 6.07) is 0. The molecule has 112 valence electrons. The number of carboxylic acids is 1. The van der Waals surface area contributed by atoms with E-state index in [0.29, 0.717) is 6.54 Å². The normalized spacial score (nSPS) is 22.7. The van der Waals surface area contributed by atoms with Crippen LogP contribution in [-0.4, -0.2) is 54.4 Å². The number of aliphatic carboxylic acids is 1. The average molecular weight is 290 g/mol. The van der Waals surface area contributed by atoms with E-state index in [1.807, 2.05) is 6.92 Å². The zero-order chi connectivity index (χ0) is 14.8. The van der Waals surface area contributed by atoms with Gasteiger partial charge in [-0.15, -0.1) is 0 Å². The third kappa shape index (κ3) is 3.10. The number of carbonyl (C=O) groups is 1. The Morgan fingerprint density at radius 3 is 2.95 bits per heavy atom. The van der Waals surface area contributed by atoms with Gasteiger partial charge in [0.1, 0.15) is 5.82 Å². The lowest BCUT2D eigenvalue weighted by Crippen LogP contribution is -2.21. The molecule has 1 fully saturated rings. The number of hydrogen-bond donors (Lipinski definition) is 3. The molecule has 0 aliphatic carbocycles. The number of rotatable bonds is 5. The van der Waals surface area contributed by atoms with E-state index in [2.05, 4.69) is 30.3 Å². The maximum atomic E-state index is 11.1. The molecule has 1 aliphatic heterocycles. The summed E-state index contributed by atoms with van der Waals surface area (Å²) < 4.78 is 0. The summed E-state index contributed by atoms with van der Waals surface area (Å²) in [5.74, 6) is 0.270. The fourth-order valence-electron chi connectivity index (χ4n) is 3.00. The number of hydrogen-bond acceptors (Lipinski definition) is 5. The standard InChI is InChI=1S/C13H18N6O2/c1-8-3-14-12(16-8)7-19-5-9(2-13(20)21)10(6-19)11-4-15-18-17-11/h3-4,9-10H,2,5-7H2,1H3,(H,14,16)(H,20,21)(H,15,17,18)/t9-,10+/m0/s1. The van der Waals surface area contributed by atoms with Gasteiger partial charge in [0.15, 0.2) is 0 Å². The minimum Gasteiger partial charge on any atom is -0.481 e. The number of nitrogens with one attached hydrogen (secondary N) is 2. The van der Waals surface area contributed by atoms with E-state index in [0.717, 1.165) is 30.3 Å². The molecule has 2 aromatic rings. The highest BCUT2D eigenvalue weighted by molar-refractivity contribution is 5.67. The summed E-state index contributed by atoms with van der Waals surface area (Å²) in [6.45, 7) is 4.15. The van der Waals surface area contributed by atoms with Crippen LogP contribution >= 0.6 is 0 Å². The number of carboxylic acid groups (broad SMARTS) is 1. The van der Waals surface area contributed by atoms with Crippen molar-refractivity contribution < 1.29 is 9.90 Å². The molecule has 0 radical (unpaired) electrons. The number of aromatic nitrogens is 5. The molecular formula is C13H18N6O2. The molecule has 2 aromatic heterocycles. The Labute approximate surface area is 121 Å². The van der Waals surface area contributed by atoms with E-state index in [1.165, 1.54) is 0 Å². The zero-order valence-corrected chi connectivity index (χ0v) is 11.8. The lowest BCUT2D eigenvalue weighted by Gasteiger charge is -2.13. The molecular weight excluding hydrogens is 272 g/mol. The molecule has 3 heterocycles. The lowest BCUT2D eigenvalue weighted by molar-refractivity contribution is -0.138. The van der Waals surface area contributed by atoms with Gasteiger partial charge in [-0.25, -0.2) is 4.98 Å². The second-order valence-corrected chi connectivity index (χ2v) is 5.57. The number of H-pyrrole nitrogens is 2. The van der Waals surface area contributed by atoms with Crippen LogP contribution in [0.15, 0.2) is 12.4 Å². The Morgan fingerprint density at radius 1 is 1.48 bits per heavy atom. The summed E-state index contributed by atoms with van der Waals surface area (Å²) in [7, 11) is 0. The maximum absolute atomic E-state index is 11.1. The van der Waals surface area contributed by atoms with Gasteiger partial charge in [-0.1, -0.05) is 0 Å². The Kier molecular flexibility index (Phi) is 3.70. The maximum Gasteiger partial charge on any atom is 0.303 e. The van der Waals surface area contributed by atoms with Crippen molar-refractivity contribution in [1.29, 1.82) is 0 Å². The molecule has 8 nitrogen and oxygen atoms in total. The quantitative estimate of drug-likeness (QED) is 0.740. The topological polar surface area (TPSA) is 111 Å². The highest BCUT2D eigenvalue weighted by Crippen LogP contribution is 2.34. The minimum atomic E-state index is -0.774. The van der Waals surface area contributed by atoms with Crippen LogP contribution in [-0.2, 0) is 11.3 Å². The highest BCUT2D eigenvalue weighted by Gasteiger charge is 2.36. The molecule has 2 atom stereocenters. The SMILES string of the molecule is Cc1cnc(CN2C[C@H](CC(=O)O)[C@H](c3cn[nH]n3)C2)[nH]1. The zero-order valence-electron chi connectivity index (χ0n) is 11.8. The first-order valence-corrected chi connectivity index (χ1v) is 6.92. The smallest absolute Gasteiger partial charge is 0.303 e. The van der Waals surface area contributed by atoms with Crippen LogP contribution in [0, 0.1) is 12.8 Å². The molecule has 0 aromatic carbocycles. The summed E-state index contributed by atoms with van der Waals surface area (Å²) >= 11 is 0. The molecule has 21 heavy (non-hydrogen) atoms. The first-order chi connectivity index (χ1) is 10.1. The van der Waals surface area contributed by atoms with E-state index in [4.69, 9.17) is 5.11 Å². The third-order valence-corrected chi connectivity index (χ3v) is 3.90.